The molecular formula is C15H17N3O7S. The highest BCUT2D eigenvalue weighted by molar-refractivity contribution is 8.00. The zero-order chi connectivity index (χ0) is 19.3. The molecule has 10 nitrogen and oxygen atoms in total. The van der Waals surface area contributed by atoms with Crippen LogP contribution in [0.25, 0.3) is 0 Å². The number of benzene rings is 1. The van der Waals surface area contributed by atoms with Crippen LogP contribution >= 0.6 is 11.8 Å². The summed E-state index contributed by atoms with van der Waals surface area (Å²) in [5, 5.41) is 20.1. The number of carboxylic acids is 1. The van der Waals surface area contributed by atoms with Gasteiger partial charge < -0.3 is 20.5 Å². The molecule has 1 saturated heterocycles. The number of morpholine rings is 1. The lowest BCUT2D eigenvalue weighted by Crippen LogP contribution is -2.50. The monoisotopic (exact) mass is 383 g/mol. The van der Waals surface area contributed by atoms with Crippen molar-refractivity contribution in [2.45, 2.75) is 17.4 Å². The number of rotatable bonds is 7. The van der Waals surface area contributed by atoms with Gasteiger partial charge in [-0.25, -0.2) is 0 Å². The van der Waals surface area contributed by atoms with Gasteiger partial charge in [0, 0.05) is 18.2 Å². The van der Waals surface area contributed by atoms with E-state index >= 15 is 0 Å². The van der Waals surface area contributed by atoms with Crippen molar-refractivity contribution >= 4 is 35.2 Å². The van der Waals surface area contributed by atoms with Gasteiger partial charge >= 0.3 is 5.97 Å². The molecule has 1 aliphatic rings. The van der Waals surface area contributed by atoms with Crippen LogP contribution < -0.4 is 5.73 Å². The Kier molecular flexibility index (Phi) is 6.52. The lowest BCUT2D eigenvalue weighted by molar-refractivity contribution is -0.387. The molecule has 0 aliphatic carbocycles. The van der Waals surface area contributed by atoms with E-state index in [1.807, 2.05) is 0 Å². The van der Waals surface area contributed by atoms with Gasteiger partial charge in [-0.3, -0.25) is 24.5 Å². The van der Waals surface area contributed by atoms with E-state index in [2.05, 4.69) is 0 Å². The van der Waals surface area contributed by atoms with Crippen LogP contribution in [0, 0.1) is 10.1 Å². The van der Waals surface area contributed by atoms with Crippen molar-refractivity contribution in [1.29, 1.82) is 0 Å². The van der Waals surface area contributed by atoms with Crippen LogP contribution in [0.5, 0.6) is 0 Å². The van der Waals surface area contributed by atoms with E-state index in [4.69, 9.17) is 15.6 Å². The Morgan fingerprint density at radius 2 is 2.15 bits per heavy atom. The summed E-state index contributed by atoms with van der Waals surface area (Å²) in [6, 6.07) is 3.22. The molecule has 140 valence electrons. The first-order chi connectivity index (χ1) is 12.3. The quantitative estimate of drug-likeness (QED) is 0.392. The molecule has 0 radical (unpaired) electrons. The largest absolute Gasteiger partial charge is 0.481 e. The fourth-order valence-corrected chi connectivity index (χ4v) is 3.40. The molecule has 1 aromatic rings. The number of carboxylic acid groups (broad SMARTS) is 1. The fraction of sp³-hybridized carbons (Fsp3) is 0.400. The molecule has 11 heteroatoms. The average Bonchev–Trinajstić information content (AvgIpc) is 2.59. The molecule has 0 spiro atoms. The van der Waals surface area contributed by atoms with Crippen molar-refractivity contribution in [2.75, 3.05) is 25.5 Å². The van der Waals surface area contributed by atoms with Crippen molar-refractivity contribution in [1.82, 2.24) is 4.90 Å². The summed E-state index contributed by atoms with van der Waals surface area (Å²) in [4.78, 5) is 46.7. The zero-order valence-corrected chi connectivity index (χ0v) is 14.4. The van der Waals surface area contributed by atoms with E-state index in [0.717, 1.165) is 17.8 Å². The highest BCUT2D eigenvalue weighted by Crippen LogP contribution is 2.30. The predicted molar refractivity (Wildman–Crippen MR) is 90.9 cm³/mol. The van der Waals surface area contributed by atoms with E-state index in [1.165, 1.54) is 17.0 Å². The standard InChI is InChI=1S/C15H17N3O7S/c16-15(22)9-1-2-12(11(5-9)18(23)24)26-8-13(19)17-3-4-25-7-10(17)6-14(20)21/h1-2,5,10H,3-4,6-8H2,(H2,16,22)(H,20,21). The number of amides is 2. The van der Waals surface area contributed by atoms with Crippen LogP contribution in [0.1, 0.15) is 16.8 Å². The summed E-state index contributed by atoms with van der Waals surface area (Å²) >= 11 is 0.945. The van der Waals surface area contributed by atoms with Crippen molar-refractivity contribution in [3.63, 3.8) is 0 Å². The number of nitrogens with zero attached hydrogens (tertiary/aromatic N) is 2. The number of carbonyl (C=O) groups excluding carboxylic acids is 2. The maximum Gasteiger partial charge on any atom is 0.305 e. The van der Waals surface area contributed by atoms with Crippen LogP contribution in [-0.2, 0) is 14.3 Å². The lowest BCUT2D eigenvalue weighted by atomic mass is 10.1. The summed E-state index contributed by atoms with van der Waals surface area (Å²) < 4.78 is 5.22. The topological polar surface area (TPSA) is 153 Å². The number of carbonyl (C=O) groups is 3. The number of thioether (sulfide) groups is 1. The SMILES string of the molecule is NC(=O)c1ccc(SCC(=O)N2CCOCC2CC(=O)O)c([N+](=O)[O-])c1. The van der Waals surface area contributed by atoms with Crippen LogP contribution in [0.15, 0.2) is 23.1 Å². The summed E-state index contributed by atoms with van der Waals surface area (Å²) in [5.41, 5.74) is 4.80. The van der Waals surface area contributed by atoms with Gasteiger partial charge in [0.05, 0.1) is 41.2 Å². The molecule has 3 N–H and O–H groups in total. The Morgan fingerprint density at radius 3 is 2.77 bits per heavy atom. The Morgan fingerprint density at radius 1 is 1.42 bits per heavy atom. The molecule has 2 rings (SSSR count). The Labute approximate surface area is 152 Å². The van der Waals surface area contributed by atoms with Crippen molar-refractivity contribution < 1.29 is 29.2 Å². The molecule has 1 fully saturated rings. The Hall–Kier alpha value is -2.66. The van der Waals surface area contributed by atoms with Crippen molar-refractivity contribution in [2.24, 2.45) is 5.73 Å². The zero-order valence-electron chi connectivity index (χ0n) is 13.6. The molecule has 1 unspecified atom stereocenters. The van der Waals surface area contributed by atoms with E-state index in [1.54, 1.807) is 0 Å². The molecular weight excluding hydrogens is 366 g/mol. The molecule has 0 bridgehead atoms. The summed E-state index contributed by atoms with van der Waals surface area (Å²) in [5.74, 6) is -2.26. The van der Waals surface area contributed by atoms with Gasteiger partial charge in [0.2, 0.25) is 11.8 Å². The summed E-state index contributed by atoms with van der Waals surface area (Å²) in [6.45, 7) is 0.705. The Bertz CT molecular complexity index is 740. The Balaban J connectivity index is 2.09. The van der Waals surface area contributed by atoms with Gasteiger partial charge in [-0.05, 0) is 12.1 Å². The highest BCUT2D eigenvalue weighted by Gasteiger charge is 2.29. The number of hydrogen-bond acceptors (Lipinski definition) is 7. The van der Waals surface area contributed by atoms with Crippen molar-refractivity contribution in [3.8, 4) is 0 Å². The molecule has 1 heterocycles. The van der Waals surface area contributed by atoms with Gasteiger partial charge in [0.1, 0.15) is 0 Å². The van der Waals surface area contributed by atoms with E-state index in [-0.39, 0.29) is 47.4 Å². The second-order valence-corrected chi connectivity index (χ2v) is 6.52. The normalized spacial score (nSPS) is 16.9. The minimum atomic E-state index is -1.04. The molecule has 0 saturated carbocycles. The first-order valence-corrected chi connectivity index (χ1v) is 8.58. The smallest absolute Gasteiger partial charge is 0.305 e. The van der Waals surface area contributed by atoms with Gasteiger partial charge in [0.25, 0.3) is 5.69 Å². The number of nitrogens with two attached hydrogens (primary N) is 1. The van der Waals surface area contributed by atoms with Crippen LogP contribution in [-0.4, -0.2) is 64.3 Å². The maximum atomic E-state index is 12.4. The lowest BCUT2D eigenvalue weighted by Gasteiger charge is -2.34. The number of primary amides is 1. The predicted octanol–water partition coefficient (Wildman–Crippen LogP) is 0.488. The molecule has 2 amide bonds. The van der Waals surface area contributed by atoms with Gasteiger partial charge in [-0.2, -0.15) is 0 Å². The number of nitro groups is 1. The van der Waals surface area contributed by atoms with Gasteiger partial charge in [-0.1, -0.05) is 0 Å². The van der Waals surface area contributed by atoms with Crippen LogP contribution in [0.2, 0.25) is 0 Å². The summed E-state index contributed by atoms with van der Waals surface area (Å²) in [6.07, 6.45) is -0.232. The molecule has 1 atom stereocenters. The first-order valence-electron chi connectivity index (χ1n) is 7.59. The second kappa shape index (κ2) is 8.63. The highest BCUT2D eigenvalue weighted by atomic mass is 32.2. The number of aliphatic carboxylic acids is 1. The van der Waals surface area contributed by atoms with E-state index < -0.39 is 22.8 Å². The number of hydrogen-bond donors (Lipinski definition) is 2. The third-order valence-electron chi connectivity index (χ3n) is 3.75. The molecule has 26 heavy (non-hydrogen) atoms. The van der Waals surface area contributed by atoms with Gasteiger partial charge in [-0.15, -0.1) is 11.8 Å². The third-order valence-corrected chi connectivity index (χ3v) is 4.80. The minimum Gasteiger partial charge on any atom is -0.481 e. The molecule has 1 aromatic carbocycles. The van der Waals surface area contributed by atoms with Crippen LogP contribution in [0.3, 0.4) is 0 Å². The number of nitro benzene ring substituents is 1. The van der Waals surface area contributed by atoms with Gasteiger partial charge in [0.15, 0.2) is 0 Å². The first kappa shape index (κ1) is 19.7. The minimum absolute atomic E-state index is 0.00192. The fourth-order valence-electron chi connectivity index (χ4n) is 2.51. The average molecular weight is 383 g/mol. The third kappa shape index (κ3) is 4.92. The maximum absolute atomic E-state index is 12.4. The summed E-state index contributed by atoms with van der Waals surface area (Å²) in [7, 11) is 0. The van der Waals surface area contributed by atoms with E-state index in [0.29, 0.717) is 6.61 Å². The van der Waals surface area contributed by atoms with Crippen molar-refractivity contribution in [3.05, 3.63) is 33.9 Å². The van der Waals surface area contributed by atoms with Crippen LogP contribution in [0.4, 0.5) is 5.69 Å². The number of ether oxygens (including phenoxy) is 1. The van der Waals surface area contributed by atoms with E-state index in [9.17, 15) is 24.5 Å². The second-order valence-electron chi connectivity index (χ2n) is 5.51. The molecule has 0 aromatic heterocycles. The molecule has 1 aliphatic heterocycles.